The highest BCUT2D eigenvalue weighted by Crippen LogP contribution is 2.57. The van der Waals surface area contributed by atoms with Gasteiger partial charge < -0.3 is 5.11 Å². The third-order valence-electron chi connectivity index (χ3n) is 5.92. The van der Waals surface area contributed by atoms with Crippen molar-refractivity contribution in [1.29, 1.82) is 0 Å². The standard InChI is InChI=1S/C19H26O3/c1-11(2)15-14(20)10-19(17(22)16(15)21)8-12-6-5-7-18(3,4)13(12)9-19/h11,21H,5-10H2,1-4H3. The molecule has 3 aliphatic carbocycles. The first kappa shape index (κ1) is 15.5. The van der Waals surface area contributed by atoms with Crippen molar-refractivity contribution in [3.63, 3.8) is 0 Å². The molecule has 1 spiro atoms. The van der Waals surface area contributed by atoms with Gasteiger partial charge in [0.2, 0.25) is 5.78 Å². The Labute approximate surface area is 132 Å². The van der Waals surface area contributed by atoms with Gasteiger partial charge in [-0.15, -0.1) is 0 Å². The minimum Gasteiger partial charge on any atom is -0.504 e. The zero-order valence-electron chi connectivity index (χ0n) is 14.1. The van der Waals surface area contributed by atoms with Gasteiger partial charge in [-0.2, -0.15) is 0 Å². The molecular formula is C19H26O3. The normalized spacial score (nSPS) is 31.5. The molecule has 0 heterocycles. The highest BCUT2D eigenvalue weighted by Gasteiger charge is 2.53. The van der Waals surface area contributed by atoms with Crippen LogP contribution in [0.2, 0.25) is 0 Å². The summed E-state index contributed by atoms with van der Waals surface area (Å²) in [5.41, 5.74) is 2.52. The van der Waals surface area contributed by atoms with E-state index in [0.29, 0.717) is 18.4 Å². The van der Waals surface area contributed by atoms with Crippen LogP contribution in [-0.4, -0.2) is 16.7 Å². The van der Waals surface area contributed by atoms with E-state index in [9.17, 15) is 14.7 Å². The van der Waals surface area contributed by atoms with E-state index in [1.54, 1.807) is 0 Å². The predicted molar refractivity (Wildman–Crippen MR) is 85.4 cm³/mol. The second-order valence-corrected chi connectivity index (χ2v) is 8.30. The summed E-state index contributed by atoms with van der Waals surface area (Å²) in [6.45, 7) is 8.20. The van der Waals surface area contributed by atoms with Crippen molar-refractivity contribution >= 4 is 11.6 Å². The molecule has 0 saturated heterocycles. The molecular weight excluding hydrogens is 276 g/mol. The second-order valence-electron chi connectivity index (χ2n) is 8.30. The molecule has 1 N–H and O–H groups in total. The number of rotatable bonds is 1. The minimum absolute atomic E-state index is 0.0373. The summed E-state index contributed by atoms with van der Waals surface area (Å²) in [4.78, 5) is 25.4. The first-order valence-electron chi connectivity index (χ1n) is 8.40. The number of aliphatic hydroxyl groups is 1. The lowest BCUT2D eigenvalue weighted by Gasteiger charge is -2.35. The van der Waals surface area contributed by atoms with Crippen LogP contribution in [0.3, 0.4) is 0 Å². The molecule has 0 amide bonds. The zero-order valence-corrected chi connectivity index (χ0v) is 14.1. The number of hydrogen-bond acceptors (Lipinski definition) is 3. The molecule has 1 atom stereocenters. The van der Waals surface area contributed by atoms with Crippen molar-refractivity contribution in [2.24, 2.45) is 16.7 Å². The van der Waals surface area contributed by atoms with Gasteiger partial charge in [0.05, 0.1) is 5.41 Å². The fourth-order valence-corrected chi connectivity index (χ4v) is 4.76. The van der Waals surface area contributed by atoms with Crippen molar-refractivity contribution in [2.75, 3.05) is 0 Å². The van der Waals surface area contributed by atoms with Gasteiger partial charge in [0, 0.05) is 12.0 Å². The fourth-order valence-electron chi connectivity index (χ4n) is 4.76. The molecule has 3 rings (SSSR count). The molecule has 1 unspecified atom stereocenters. The lowest BCUT2D eigenvalue weighted by atomic mass is 9.67. The van der Waals surface area contributed by atoms with E-state index in [2.05, 4.69) is 13.8 Å². The number of allylic oxidation sites excluding steroid dienone is 4. The Morgan fingerprint density at radius 2 is 1.77 bits per heavy atom. The van der Waals surface area contributed by atoms with Crippen molar-refractivity contribution in [1.82, 2.24) is 0 Å². The Balaban J connectivity index is 1.99. The number of hydrogen-bond donors (Lipinski definition) is 1. The zero-order chi connectivity index (χ0) is 16.3. The summed E-state index contributed by atoms with van der Waals surface area (Å²) in [5, 5.41) is 10.4. The summed E-state index contributed by atoms with van der Waals surface area (Å²) in [6.07, 6.45) is 4.95. The van der Waals surface area contributed by atoms with Gasteiger partial charge in [0.1, 0.15) is 0 Å². The van der Waals surface area contributed by atoms with E-state index in [-0.39, 0.29) is 35.1 Å². The molecule has 0 radical (unpaired) electrons. The van der Waals surface area contributed by atoms with E-state index in [4.69, 9.17) is 0 Å². The summed E-state index contributed by atoms with van der Waals surface area (Å²) in [6, 6.07) is 0. The monoisotopic (exact) mass is 302 g/mol. The average Bonchev–Trinajstić information content (AvgIpc) is 2.76. The average molecular weight is 302 g/mol. The smallest absolute Gasteiger partial charge is 0.204 e. The van der Waals surface area contributed by atoms with Gasteiger partial charge in [0.15, 0.2) is 11.5 Å². The maximum Gasteiger partial charge on any atom is 0.204 e. The molecule has 3 nitrogen and oxygen atoms in total. The van der Waals surface area contributed by atoms with Crippen LogP contribution >= 0.6 is 0 Å². The summed E-state index contributed by atoms with van der Waals surface area (Å²) >= 11 is 0. The topological polar surface area (TPSA) is 54.4 Å². The van der Waals surface area contributed by atoms with Crippen LogP contribution in [0, 0.1) is 16.7 Å². The van der Waals surface area contributed by atoms with E-state index in [1.165, 1.54) is 11.1 Å². The van der Waals surface area contributed by atoms with E-state index < -0.39 is 5.41 Å². The van der Waals surface area contributed by atoms with Gasteiger partial charge in [0.25, 0.3) is 0 Å². The van der Waals surface area contributed by atoms with Crippen LogP contribution in [0.15, 0.2) is 22.5 Å². The number of carbonyl (C=O) groups excluding carboxylic acids is 2. The Morgan fingerprint density at radius 1 is 1.09 bits per heavy atom. The number of carbonyl (C=O) groups is 2. The summed E-state index contributed by atoms with van der Waals surface area (Å²) in [5.74, 6) is -0.594. The van der Waals surface area contributed by atoms with Gasteiger partial charge >= 0.3 is 0 Å². The summed E-state index contributed by atoms with van der Waals surface area (Å²) < 4.78 is 0. The van der Waals surface area contributed by atoms with Crippen LogP contribution < -0.4 is 0 Å². The Morgan fingerprint density at radius 3 is 2.36 bits per heavy atom. The van der Waals surface area contributed by atoms with Crippen LogP contribution in [0.25, 0.3) is 0 Å². The SMILES string of the molecule is CC(C)C1=C(O)C(=O)C2(CC1=O)CC1=C(C2)C(C)(C)CCC1. The molecule has 0 saturated carbocycles. The first-order chi connectivity index (χ1) is 10.2. The highest BCUT2D eigenvalue weighted by molar-refractivity contribution is 6.13. The highest BCUT2D eigenvalue weighted by atomic mass is 16.3. The van der Waals surface area contributed by atoms with Gasteiger partial charge in [-0.25, -0.2) is 0 Å². The molecule has 0 aromatic carbocycles. The molecule has 0 aromatic heterocycles. The molecule has 3 heteroatoms. The van der Waals surface area contributed by atoms with E-state index >= 15 is 0 Å². The lowest BCUT2D eigenvalue weighted by molar-refractivity contribution is -0.134. The van der Waals surface area contributed by atoms with Crippen LogP contribution in [0.4, 0.5) is 0 Å². The second kappa shape index (κ2) is 4.81. The third kappa shape index (κ3) is 2.09. The van der Waals surface area contributed by atoms with Crippen molar-refractivity contribution < 1.29 is 14.7 Å². The van der Waals surface area contributed by atoms with Gasteiger partial charge in [-0.1, -0.05) is 38.8 Å². The molecule has 0 fully saturated rings. The number of Topliss-reactive ketones (excluding diaryl/α,β-unsaturated/α-hetero) is 2. The van der Waals surface area contributed by atoms with Crippen molar-refractivity contribution in [2.45, 2.75) is 66.2 Å². The molecule has 3 aliphatic rings. The van der Waals surface area contributed by atoms with Gasteiger partial charge in [-0.3, -0.25) is 9.59 Å². The van der Waals surface area contributed by atoms with Crippen LogP contribution in [0.5, 0.6) is 0 Å². The molecule has 120 valence electrons. The Hall–Kier alpha value is -1.38. The Kier molecular flexibility index (Phi) is 3.39. The number of ketones is 2. The summed E-state index contributed by atoms with van der Waals surface area (Å²) in [7, 11) is 0. The maximum atomic E-state index is 12.9. The van der Waals surface area contributed by atoms with Crippen molar-refractivity contribution in [3.05, 3.63) is 22.5 Å². The Bertz CT molecular complexity index is 619. The first-order valence-corrected chi connectivity index (χ1v) is 8.40. The predicted octanol–water partition coefficient (Wildman–Crippen LogP) is 4.28. The largest absolute Gasteiger partial charge is 0.504 e. The van der Waals surface area contributed by atoms with Crippen LogP contribution in [-0.2, 0) is 9.59 Å². The van der Waals surface area contributed by atoms with Gasteiger partial charge in [-0.05, 0) is 43.4 Å². The third-order valence-corrected chi connectivity index (χ3v) is 5.92. The minimum atomic E-state index is -0.689. The maximum absolute atomic E-state index is 12.9. The van der Waals surface area contributed by atoms with Crippen LogP contribution in [0.1, 0.15) is 66.2 Å². The quantitative estimate of drug-likeness (QED) is 0.735. The molecule has 22 heavy (non-hydrogen) atoms. The fraction of sp³-hybridized carbons (Fsp3) is 0.684. The van der Waals surface area contributed by atoms with E-state index in [1.807, 2.05) is 13.8 Å². The van der Waals surface area contributed by atoms with E-state index in [0.717, 1.165) is 19.3 Å². The lowest BCUT2D eigenvalue weighted by Crippen LogP contribution is -2.40. The molecule has 0 aliphatic heterocycles. The van der Waals surface area contributed by atoms with Crippen molar-refractivity contribution in [3.8, 4) is 0 Å². The number of aliphatic hydroxyl groups excluding tert-OH is 1. The molecule has 0 aromatic rings. The molecule has 0 bridgehead atoms.